The van der Waals surface area contributed by atoms with Crippen LogP contribution in [-0.4, -0.2) is 62.1 Å². The average molecular weight is 384 g/mol. The molecule has 26 heavy (non-hydrogen) atoms. The van der Waals surface area contributed by atoms with E-state index in [4.69, 9.17) is 0 Å². The Balaban J connectivity index is 2.31. The van der Waals surface area contributed by atoms with Gasteiger partial charge in [0.25, 0.3) is 5.91 Å². The molecular formula is C17H24N2O6S. The summed E-state index contributed by atoms with van der Waals surface area (Å²) in [4.78, 5) is 24.3. The van der Waals surface area contributed by atoms with Crippen molar-refractivity contribution in [3.05, 3.63) is 29.3 Å². The Morgan fingerprint density at radius 2 is 1.88 bits per heavy atom. The maximum atomic E-state index is 12.7. The lowest BCUT2D eigenvalue weighted by molar-refractivity contribution is -0.145. The highest BCUT2D eigenvalue weighted by atomic mass is 32.2. The molecule has 0 aromatic heterocycles. The molecule has 0 bridgehead atoms. The van der Waals surface area contributed by atoms with Crippen molar-refractivity contribution in [3.8, 4) is 0 Å². The lowest BCUT2D eigenvalue weighted by atomic mass is 10.1. The Kier molecular flexibility index (Phi) is 6.38. The minimum absolute atomic E-state index is 0.0295. The zero-order chi connectivity index (χ0) is 19.5. The molecule has 0 spiro atoms. The van der Waals surface area contributed by atoms with E-state index < -0.39 is 34.0 Å². The van der Waals surface area contributed by atoms with E-state index in [1.54, 1.807) is 13.0 Å². The second-order valence-electron chi connectivity index (χ2n) is 6.30. The van der Waals surface area contributed by atoms with E-state index in [1.807, 2.05) is 0 Å². The number of amides is 1. The lowest BCUT2D eigenvalue weighted by Crippen LogP contribution is -2.48. The molecule has 1 aliphatic rings. The van der Waals surface area contributed by atoms with Crippen molar-refractivity contribution in [1.29, 1.82) is 0 Å². The third-order valence-electron chi connectivity index (χ3n) is 4.38. The molecule has 1 aromatic rings. The number of nitrogens with zero attached hydrogens (tertiary/aromatic N) is 1. The predicted octanol–water partition coefficient (Wildman–Crippen LogP) is 0.432. The third-order valence-corrected chi connectivity index (χ3v) is 6.28. The number of aryl methyl sites for hydroxylation is 1. The topological polar surface area (TPSA) is 113 Å². The molecule has 2 rings (SSSR count). The highest BCUT2D eigenvalue weighted by Crippen LogP contribution is 2.23. The number of rotatable bonds is 6. The molecule has 0 unspecified atom stereocenters. The van der Waals surface area contributed by atoms with Crippen LogP contribution < -0.4 is 5.32 Å². The van der Waals surface area contributed by atoms with E-state index >= 15 is 0 Å². The number of nitrogens with one attached hydrogen (secondary N) is 1. The minimum Gasteiger partial charge on any atom is -0.467 e. The monoisotopic (exact) mass is 384 g/mol. The van der Waals surface area contributed by atoms with Crippen molar-refractivity contribution in [2.24, 2.45) is 0 Å². The van der Waals surface area contributed by atoms with E-state index in [1.165, 1.54) is 23.4 Å². The van der Waals surface area contributed by atoms with Gasteiger partial charge in [-0.25, -0.2) is 13.2 Å². The molecule has 0 saturated carbocycles. The van der Waals surface area contributed by atoms with Crippen LogP contribution in [0.3, 0.4) is 0 Å². The Hall–Kier alpha value is -1.97. The van der Waals surface area contributed by atoms with E-state index in [2.05, 4.69) is 10.1 Å². The summed E-state index contributed by atoms with van der Waals surface area (Å²) in [6.07, 6.45) is 0.463. The largest absolute Gasteiger partial charge is 0.467 e. The van der Waals surface area contributed by atoms with Crippen LogP contribution in [0, 0.1) is 6.92 Å². The van der Waals surface area contributed by atoms with Crippen LogP contribution >= 0.6 is 0 Å². The summed E-state index contributed by atoms with van der Waals surface area (Å²) < 4.78 is 31.3. The summed E-state index contributed by atoms with van der Waals surface area (Å²) in [5.41, 5.74) is 0.678. The zero-order valence-corrected chi connectivity index (χ0v) is 15.9. The van der Waals surface area contributed by atoms with Crippen LogP contribution in [0.4, 0.5) is 0 Å². The molecule has 9 heteroatoms. The van der Waals surface area contributed by atoms with Gasteiger partial charge in [0.05, 0.1) is 18.1 Å². The van der Waals surface area contributed by atoms with Crippen molar-refractivity contribution in [2.45, 2.75) is 43.7 Å². The number of ether oxygens (including phenoxy) is 1. The highest BCUT2D eigenvalue weighted by molar-refractivity contribution is 7.89. The number of hydrogen-bond donors (Lipinski definition) is 2. The van der Waals surface area contributed by atoms with Gasteiger partial charge in [-0.05, 0) is 44.4 Å². The van der Waals surface area contributed by atoms with Crippen molar-refractivity contribution < 1.29 is 27.9 Å². The van der Waals surface area contributed by atoms with Crippen molar-refractivity contribution in [2.75, 3.05) is 20.2 Å². The summed E-state index contributed by atoms with van der Waals surface area (Å²) in [5, 5.41) is 12.1. The normalized spacial score (nSPS) is 17.5. The van der Waals surface area contributed by atoms with Gasteiger partial charge in [-0.2, -0.15) is 4.31 Å². The summed E-state index contributed by atoms with van der Waals surface area (Å²) in [5.74, 6) is -1.44. The molecule has 0 radical (unpaired) electrons. The SMILES string of the molecule is COC(=O)[C@H](NC(=O)c1cc(S(=O)(=O)N2CCCC2)ccc1C)[C@H](C)O. The second kappa shape index (κ2) is 8.15. The smallest absolute Gasteiger partial charge is 0.331 e. The highest BCUT2D eigenvalue weighted by Gasteiger charge is 2.30. The average Bonchev–Trinajstić information content (AvgIpc) is 3.14. The Morgan fingerprint density at radius 1 is 1.27 bits per heavy atom. The number of benzene rings is 1. The third kappa shape index (κ3) is 4.22. The minimum atomic E-state index is -3.66. The van der Waals surface area contributed by atoms with E-state index in [9.17, 15) is 23.1 Å². The van der Waals surface area contributed by atoms with Crippen molar-refractivity contribution >= 4 is 21.9 Å². The maximum Gasteiger partial charge on any atom is 0.331 e. The molecule has 2 atom stereocenters. The number of methoxy groups -OCH3 is 1. The molecule has 1 fully saturated rings. The Labute approximate surface area is 153 Å². The first-order chi connectivity index (χ1) is 12.2. The number of esters is 1. The van der Waals surface area contributed by atoms with Gasteiger partial charge < -0.3 is 15.2 Å². The second-order valence-corrected chi connectivity index (χ2v) is 8.24. The van der Waals surface area contributed by atoms with Gasteiger partial charge in [0.15, 0.2) is 6.04 Å². The van der Waals surface area contributed by atoms with E-state index in [0.717, 1.165) is 20.0 Å². The van der Waals surface area contributed by atoms with E-state index in [-0.39, 0.29) is 10.5 Å². The first-order valence-electron chi connectivity index (χ1n) is 8.36. The maximum absolute atomic E-state index is 12.7. The number of carbonyl (C=O) groups is 2. The number of aliphatic hydroxyl groups excluding tert-OH is 1. The summed E-state index contributed by atoms with van der Waals surface area (Å²) in [6.45, 7) is 3.94. The predicted molar refractivity (Wildman–Crippen MR) is 94.1 cm³/mol. The molecular weight excluding hydrogens is 360 g/mol. The fraction of sp³-hybridized carbons (Fsp3) is 0.529. The van der Waals surface area contributed by atoms with Crippen LogP contribution in [0.1, 0.15) is 35.7 Å². The molecule has 2 N–H and O–H groups in total. The molecule has 1 aromatic carbocycles. The van der Waals surface area contributed by atoms with E-state index in [0.29, 0.717) is 18.7 Å². The van der Waals surface area contributed by atoms with Crippen LogP contribution in [0.15, 0.2) is 23.1 Å². The molecule has 1 amide bonds. The number of aliphatic hydroxyl groups is 1. The zero-order valence-electron chi connectivity index (χ0n) is 15.1. The van der Waals surface area contributed by atoms with Gasteiger partial charge >= 0.3 is 5.97 Å². The van der Waals surface area contributed by atoms with Crippen molar-refractivity contribution in [1.82, 2.24) is 9.62 Å². The van der Waals surface area contributed by atoms with Gasteiger partial charge in [-0.15, -0.1) is 0 Å². The van der Waals surface area contributed by atoms with Crippen LogP contribution in [0.5, 0.6) is 0 Å². The van der Waals surface area contributed by atoms with Gasteiger partial charge in [-0.1, -0.05) is 6.07 Å². The van der Waals surface area contributed by atoms with Gasteiger partial charge in [0.2, 0.25) is 10.0 Å². The molecule has 1 aliphatic heterocycles. The van der Waals surface area contributed by atoms with Gasteiger partial charge in [-0.3, -0.25) is 4.79 Å². The lowest BCUT2D eigenvalue weighted by Gasteiger charge is -2.20. The fourth-order valence-corrected chi connectivity index (χ4v) is 4.35. The first kappa shape index (κ1) is 20.3. The van der Waals surface area contributed by atoms with Gasteiger partial charge in [0, 0.05) is 18.7 Å². The van der Waals surface area contributed by atoms with Crippen molar-refractivity contribution in [3.63, 3.8) is 0 Å². The van der Waals surface area contributed by atoms with Gasteiger partial charge in [0.1, 0.15) is 0 Å². The Bertz CT molecular complexity index is 784. The number of hydrogen-bond acceptors (Lipinski definition) is 6. The molecule has 144 valence electrons. The molecule has 8 nitrogen and oxygen atoms in total. The first-order valence-corrected chi connectivity index (χ1v) is 9.80. The summed E-state index contributed by atoms with van der Waals surface area (Å²) in [6, 6.07) is 3.07. The summed E-state index contributed by atoms with van der Waals surface area (Å²) >= 11 is 0. The molecule has 1 heterocycles. The molecule has 0 aliphatic carbocycles. The van der Waals surface area contributed by atoms with Crippen LogP contribution in [0.2, 0.25) is 0 Å². The Morgan fingerprint density at radius 3 is 2.42 bits per heavy atom. The van der Waals surface area contributed by atoms with Crippen LogP contribution in [-0.2, 0) is 19.6 Å². The van der Waals surface area contributed by atoms with Crippen LogP contribution in [0.25, 0.3) is 0 Å². The molecule has 1 saturated heterocycles. The standard InChI is InChI=1S/C17H24N2O6S/c1-11-6-7-13(26(23,24)19-8-4-5-9-19)10-14(11)16(21)18-15(12(2)20)17(22)25-3/h6-7,10,12,15,20H,4-5,8-9H2,1-3H3,(H,18,21)/t12-,15+/m0/s1. The quantitative estimate of drug-likeness (QED) is 0.688. The number of sulfonamides is 1. The fourth-order valence-electron chi connectivity index (χ4n) is 2.81. The number of carbonyl (C=O) groups excluding carboxylic acids is 2. The summed E-state index contributed by atoms with van der Waals surface area (Å²) in [7, 11) is -2.51.